The fourth-order valence-electron chi connectivity index (χ4n) is 3.32. The molecule has 5 heteroatoms. The van der Waals surface area contributed by atoms with Crippen LogP contribution >= 0.6 is 12.4 Å². The van der Waals surface area contributed by atoms with Crippen molar-refractivity contribution in [2.45, 2.75) is 52.4 Å². The molecular weight excluding hydrogens is 312 g/mol. The highest BCUT2D eigenvalue weighted by Gasteiger charge is 2.33. The van der Waals surface area contributed by atoms with E-state index in [1.54, 1.807) is 0 Å². The van der Waals surface area contributed by atoms with E-state index >= 15 is 0 Å². The van der Waals surface area contributed by atoms with E-state index in [4.69, 9.17) is 10.5 Å². The molecule has 0 atom stereocenters. The van der Waals surface area contributed by atoms with E-state index in [9.17, 15) is 4.79 Å². The summed E-state index contributed by atoms with van der Waals surface area (Å²) < 4.78 is 5.47. The van der Waals surface area contributed by atoms with Gasteiger partial charge in [0.1, 0.15) is 5.75 Å². The Balaban J connectivity index is 0.00000264. The summed E-state index contributed by atoms with van der Waals surface area (Å²) in [6.45, 7) is 5.19. The second kappa shape index (κ2) is 9.14. The van der Waals surface area contributed by atoms with Crippen molar-refractivity contribution in [2.75, 3.05) is 18.5 Å². The van der Waals surface area contributed by atoms with Gasteiger partial charge in [0, 0.05) is 12.1 Å². The molecule has 4 nitrogen and oxygen atoms in total. The standard InChI is InChI=1S/C18H28N2O2.ClH/c1-3-22-15-7-8-16(14(2)11-15)20-17(21)12-18(13-19)9-5-4-6-10-18;/h7-8,11H,3-6,9-10,12-13,19H2,1-2H3,(H,20,21);1H. The zero-order valence-corrected chi connectivity index (χ0v) is 15.0. The second-order valence-electron chi connectivity index (χ2n) is 6.40. The molecule has 130 valence electrons. The molecule has 1 aromatic carbocycles. The lowest BCUT2D eigenvalue weighted by Crippen LogP contribution is -2.36. The molecule has 0 aromatic heterocycles. The Hall–Kier alpha value is -1.26. The minimum atomic E-state index is 0. The molecule has 0 heterocycles. The van der Waals surface area contributed by atoms with Gasteiger partial charge in [-0.2, -0.15) is 0 Å². The molecule has 23 heavy (non-hydrogen) atoms. The maximum Gasteiger partial charge on any atom is 0.224 e. The van der Waals surface area contributed by atoms with Crippen molar-refractivity contribution in [3.05, 3.63) is 23.8 Å². The summed E-state index contributed by atoms with van der Waals surface area (Å²) in [4.78, 5) is 12.4. The van der Waals surface area contributed by atoms with Crippen LogP contribution in [-0.2, 0) is 4.79 Å². The molecule has 3 N–H and O–H groups in total. The van der Waals surface area contributed by atoms with Gasteiger partial charge < -0.3 is 15.8 Å². The Morgan fingerprint density at radius 3 is 2.57 bits per heavy atom. The number of nitrogens with one attached hydrogen (secondary N) is 1. The van der Waals surface area contributed by atoms with Gasteiger partial charge in [0.25, 0.3) is 0 Å². The zero-order chi connectivity index (χ0) is 16.0. The first-order chi connectivity index (χ1) is 10.6. The van der Waals surface area contributed by atoms with Gasteiger partial charge in [-0.05, 0) is 62.4 Å². The van der Waals surface area contributed by atoms with Crippen LogP contribution in [0.3, 0.4) is 0 Å². The van der Waals surface area contributed by atoms with E-state index in [1.165, 1.54) is 19.3 Å². The third-order valence-electron chi connectivity index (χ3n) is 4.67. The fourth-order valence-corrected chi connectivity index (χ4v) is 3.32. The number of rotatable bonds is 6. The first-order valence-corrected chi connectivity index (χ1v) is 8.32. The number of anilines is 1. The minimum absolute atomic E-state index is 0. The van der Waals surface area contributed by atoms with Gasteiger partial charge in [0.05, 0.1) is 6.61 Å². The molecule has 1 aliphatic rings. The van der Waals surface area contributed by atoms with Gasteiger partial charge in [0.2, 0.25) is 5.91 Å². The number of amides is 1. The van der Waals surface area contributed by atoms with E-state index in [2.05, 4.69) is 5.32 Å². The number of aryl methyl sites for hydroxylation is 1. The number of hydrogen-bond acceptors (Lipinski definition) is 3. The van der Waals surface area contributed by atoms with Crippen molar-refractivity contribution in [1.29, 1.82) is 0 Å². The summed E-state index contributed by atoms with van der Waals surface area (Å²) in [6, 6.07) is 5.76. The van der Waals surface area contributed by atoms with Gasteiger partial charge >= 0.3 is 0 Å². The predicted molar refractivity (Wildman–Crippen MR) is 97.4 cm³/mol. The summed E-state index contributed by atoms with van der Waals surface area (Å²) in [5.74, 6) is 0.906. The van der Waals surface area contributed by atoms with Crippen LogP contribution < -0.4 is 15.8 Å². The van der Waals surface area contributed by atoms with Crippen molar-refractivity contribution >= 4 is 24.0 Å². The van der Waals surface area contributed by atoms with E-state index in [0.29, 0.717) is 19.6 Å². The third-order valence-corrected chi connectivity index (χ3v) is 4.67. The molecule has 2 rings (SSSR count). The predicted octanol–water partition coefficient (Wildman–Crippen LogP) is 4.05. The average molecular weight is 341 g/mol. The van der Waals surface area contributed by atoms with Crippen LogP contribution in [0.2, 0.25) is 0 Å². The van der Waals surface area contributed by atoms with Gasteiger partial charge in [-0.25, -0.2) is 0 Å². The summed E-state index contributed by atoms with van der Waals surface area (Å²) in [7, 11) is 0. The molecule has 1 fully saturated rings. The molecule has 1 amide bonds. The molecule has 0 saturated heterocycles. The van der Waals surface area contributed by atoms with Crippen LogP contribution in [0.1, 0.15) is 51.0 Å². The molecule has 0 aliphatic heterocycles. The molecule has 0 radical (unpaired) electrons. The Labute approximate surface area is 145 Å². The summed E-state index contributed by atoms with van der Waals surface area (Å²) in [6.07, 6.45) is 6.30. The van der Waals surface area contributed by atoms with E-state index < -0.39 is 0 Å². The molecule has 0 bridgehead atoms. The second-order valence-corrected chi connectivity index (χ2v) is 6.40. The van der Waals surface area contributed by atoms with Crippen LogP contribution in [0.4, 0.5) is 5.69 Å². The Kier molecular flexibility index (Phi) is 7.86. The molecule has 0 spiro atoms. The maximum atomic E-state index is 12.4. The highest BCUT2D eigenvalue weighted by molar-refractivity contribution is 5.92. The molecule has 1 saturated carbocycles. The number of halogens is 1. The average Bonchev–Trinajstić information content (AvgIpc) is 2.51. The quantitative estimate of drug-likeness (QED) is 0.821. The maximum absolute atomic E-state index is 12.4. The van der Waals surface area contributed by atoms with Crippen LogP contribution in [0.15, 0.2) is 18.2 Å². The number of hydrogen-bond donors (Lipinski definition) is 2. The number of nitrogens with two attached hydrogens (primary N) is 1. The van der Waals surface area contributed by atoms with Crippen molar-refractivity contribution in [3.63, 3.8) is 0 Å². The number of carbonyl (C=O) groups is 1. The Morgan fingerprint density at radius 1 is 1.30 bits per heavy atom. The Morgan fingerprint density at radius 2 is 2.00 bits per heavy atom. The summed E-state index contributed by atoms with van der Waals surface area (Å²) in [5, 5.41) is 3.04. The smallest absolute Gasteiger partial charge is 0.224 e. The SMILES string of the molecule is CCOc1ccc(NC(=O)CC2(CN)CCCCC2)c(C)c1.Cl. The van der Waals surface area contributed by atoms with E-state index in [1.807, 2.05) is 32.0 Å². The third kappa shape index (κ3) is 5.40. The van der Waals surface area contributed by atoms with Crippen LogP contribution in [0, 0.1) is 12.3 Å². The number of ether oxygens (including phenoxy) is 1. The van der Waals surface area contributed by atoms with E-state index in [0.717, 1.165) is 29.8 Å². The van der Waals surface area contributed by atoms with Crippen molar-refractivity contribution in [1.82, 2.24) is 0 Å². The zero-order valence-electron chi connectivity index (χ0n) is 14.2. The summed E-state index contributed by atoms with van der Waals surface area (Å²) >= 11 is 0. The van der Waals surface area contributed by atoms with Crippen molar-refractivity contribution < 1.29 is 9.53 Å². The number of carbonyl (C=O) groups excluding carboxylic acids is 1. The summed E-state index contributed by atoms with van der Waals surface area (Å²) in [5.41, 5.74) is 7.84. The largest absolute Gasteiger partial charge is 0.494 e. The molecule has 1 aliphatic carbocycles. The van der Waals surface area contributed by atoms with Gasteiger partial charge in [-0.15, -0.1) is 12.4 Å². The van der Waals surface area contributed by atoms with Gasteiger partial charge in [-0.3, -0.25) is 4.79 Å². The van der Waals surface area contributed by atoms with E-state index in [-0.39, 0.29) is 23.7 Å². The first kappa shape index (κ1) is 19.8. The van der Waals surface area contributed by atoms with Crippen LogP contribution in [0.25, 0.3) is 0 Å². The van der Waals surface area contributed by atoms with Gasteiger partial charge in [-0.1, -0.05) is 19.3 Å². The normalized spacial score (nSPS) is 16.3. The highest BCUT2D eigenvalue weighted by Crippen LogP contribution is 2.38. The van der Waals surface area contributed by atoms with Crippen molar-refractivity contribution in [2.24, 2.45) is 11.1 Å². The fraction of sp³-hybridized carbons (Fsp3) is 0.611. The Bertz CT molecular complexity index is 514. The highest BCUT2D eigenvalue weighted by atomic mass is 35.5. The molecule has 0 unspecified atom stereocenters. The lowest BCUT2D eigenvalue weighted by molar-refractivity contribution is -0.118. The lowest BCUT2D eigenvalue weighted by Gasteiger charge is -2.35. The molecule has 1 aromatic rings. The monoisotopic (exact) mass is 340 g/mol. The van der Waals surface area contributed by atoms with Gasteiger partial charge in [0.15, 0.2) is 0 Å². The van der Waals surface area contributed by atoms with Crippen LogP contribution in [0.5, 0.6) is 5.75 Å². The molecular formula is C18H29ClN2O2. The lowest BCUT2D eigenvalue weighted by atomic mass is 9.71. The van der Waals surface area contributed by atoms with Crippen LogP contribution in [-0.4, -0.2) is 19.1 Å². The van der Waals surface area contributed by atoms with Crippen molar-refractivity contribution in [3.8, 4) is 5.75 Å². The number of benzene rings is 1. The minimum Gasteiger partial charge on any atom is -0.494 e. The topological polar surface area (TPSA) is 64.3 Å². The first-order valence-electron chi connectivity index (χ1n) is 8.32.